The molecule has 0 saturated heterocycles. The van der Waals surface area contributed by atoms with Crippen LogP contribution in [-0.4, -0.2) is 6.09 Å². The normalized spacial score (nSPS) is 14.0. The number of amides is 1. The number of benzene rings is 3. The van der Waals surface area contributed by atoms with Gasteiger partial charge in [-0.05, 0) is 60.1 Å². The van der Waals surface area contributed by atoms with Crippen LogP contribution in [0.5, 0.6) is 0 Å². The van der Waals surface area contributed by atoms with Crippen molar-refractivity contribution >= 4 is 34.7 Å². The number of carbonyl (C=O) groups is 1. The number of hydrogen-bond donors (Lipinski definition) is 1. The molecule has 1 aromatic heterocycles. The zero-order valence-corrected chi connectivity index (χ0v) is 20.1. The van der Waals surface area contributed by atoms with Crippen molar-refractivity contribution in [3.63, 3.8) is 0 Å². The van der Waals surface area contributed by atoms with E-state index in [0.29, 0.717) is 15.6 Å². The average molecular weight is 492 g/mol. The van der Waals surface area contributed by atoms with Crippen LogP contribution in [0.1, 0.15) is 42.9 Å². The Labute approximate surface area is 207 Å². The monoisotopic (exact) mass is 491 g/mol. The largest absolute Gasteiger partial charge is 0.441 e. The molecular formula is C28H23ClFNO2S. The molecule has 0 aliphatic heterocycles. The van der Waals surface area contributed by atoms with E-state index in [1.54, 1.807) is 31.2 Å². The lowest BCUT2D eigenvalue weighted by atomic mass is 10.0. The Balaban J connectivity index is 1.30. The molecule has 1 N–H and O–H groups in total. The van der Waals surface area contributed by atoms with Crippen molar-refractivity contribution in [1.29, 1.82) is 0 Å². The molecule has 0 unspecified atom stereocenters. The molecule has 1 atom stereocenters. The molecule has 1 saturated carbocycles. The first-order valence-corrected chi connectivity index (χ1v) is 12.4. The minimum atomic E-state index is -0.732. The van der Waals surface area contributed by atoms with Crippen molar-refractivity contribution in [3.05, 3.63) is 100 Å². The highest BCUT2D eigenvalue weighted by atomic mass is 35.5. The van der Waals surface area contributed by atoms with E-state index in [1.165, 1.54) is 41.4 Å². The first-order chi connectivity index (χ1) is 16.5. The zero-order valence-electron chi connectivity index (χ0n) is 18.6. The number of hydrogen-bond acceptors (Lipinski definition) is 3. The quantitative estimate of drug-likeness (QED) is 0.292. The van der Waals surface area contributed by atoms with Gasteiger partial charge in [-0.2, -0.15) is 0 Å². The maximum atomic E-state index is 14.0. The minimum absolute atomic E-state index is 0.321. The van der Waals surface area contributed by atoms with Gasteiger partial charge in [-0.3, -0.25) is 5.32 Å². The lowest BCUT2D eigenvalue weighted by Gasteiger charge is -2.15. The molecule has 0 radical (unpaired) electrons. The van der Waals surface area contributed by atoms with Crippen LogP contribution in [0.3, 0.4) is 0 Å². The standard InChI is InChI=1S/C28H23ClFNO2S/c1-17(23-4-2-3-5-24(23)30)33-28(32)31-25-16-26(29)34-27(25)22-14-12-21(13-15-22)20-10-8-19(9-11-20)18-6-7-18/h2-5,8-18H,6-7H2,1H3,(H,31,32)/t17-/m1/s1. The molecule has 1 fully saturated rings. The Kier molecular flexibility index (Phi) is 6.40. The Morgan fingerprint density at radius 1 is 1.00 bits per heavy atom. The molecule has 1 heterocycles. The van der Waals surface area contributed by atoms with Gasteiger partial charge in [-0.25, -0.2) is 9.18 Å². The van der Waals surface area contributed by atoms with E-state index in [1.807, 2.05) is 12.1 Å². The van der Waals surface area contributed by atoms with Gasteiger partial charge in [0.1, 0.15) is 11.9 Å². The van der Waals surface area contributed by atoms with Gasteiger partial charge in [0.2, 0.25) is 0 Å². The number of thiophene rings is 1. The summed E-state index contributed by atoms with van der Waals surface area (Å²) in [5.74, 6) is 0.330. The van der Waals surface area contributed by atoms with Crippen LogP contribution in [0.2, 0.25) is 4.34 Å². The molecule has 1 amide bonds. The molecule has 4 aromatic rings. The van der Waals surface area contributed by atoms with Crippen LogP contribution >= 0.6 is 22.9 Å². The molecule has 6 heteroatoms. The number of carbonyl (C=O) groups excluding carboxylic acids is 1. The van der Waals surface area contributed by atoms with Crippen molar-refractivity contribution in [2.24, 2.45) is 0 Å². The highest BCUT2D eigenvalue weighted by Gasteiger charge is 2.23. The molecule has 0 spiro atoms. The molecule has 3 aromatic carbocycles. The van der Waals surface area contributed by atoms with Crippen LogP contribution in [0.25, 0.3) is 21.6 Å². The Morgan fingerprint density at radius 3 is 2.26 bits per heavy atom. The van der Waals surface area contributed by atoms with Gasteiger partial charge in [0.15, 0.2) is 0 Å². The van der Waals surface area contributed by atoms with E-state index < -0.39 is 18.0 Å². The maximum Gasteiger partial charge on any atom is 0.412 e. The van der Waals surface area contributed by atoms with E-state index in [4.69, 9.17) is 16.3 Å². The second-order valence-electron chi connectivity index (χ2n) is 8.46. The first kappa shape index (κ1) is 22.6. The average Bonchev–Trinajstić information content (AvgIpc) is 3.62. The van der Waals surface area contributed by atoms with E-state index >= 15 is 0 Å². The van der Waals surface area contributed by atoms with Crippen molar-refractivity contribution in [3.8, 4) is 21.6 Å². The van der Waals surface area contributed by atoms with Crippen molar-refractivity contribution < 1.29 is 13.9 Å². The SMILES string of the molecule is C[C@@H](OC(=O)Nc1cc(Cl)sc1-c1ccc(-c2ccc(C3CC3)cc2)cc1)c1ccccc1F. The number of nitrogens with one attached hydrogen (secondary N) is 1. The van der Waals surface area contributed by atoms with Crippen LogP contribution in [-0.2, 0) is 4.74 Å². The third-order valence-corrected chi connectivity index (χ3v) is 7.32. The Morgan fingerprint density at radius 2 is 1.62 bits per heavy atom. The van der Waals surface area contributed by atoms with Gasteiger partial charge in [0, 0.05) is 5.56 Å². The molecule has 3 nitrogen and oxygen atoms in total. The first-order valence-electron chi connectivity index (χ1n) is 11.2. The highest BCUT2D eigenvalue weighted by molar-refractivity contribution is 7.20. The van der Waals surface area contributed by atoms with Gasteiger partial charge in [-0.1, -0.05) is 78.3 Å². The summed E-state index contributed by atoms with van der Waals surface area (Å²) < 4.78 is 19.9. The van der Waals surface area contributed by atoms with Crippen molar-refractivity contribution in [1.82, 2.24) is 0 Å². The third kappa shape index (κ3) is 5.01. The number of rotatable bonds is 6. The Bertz CT molecular complexity index is 1310. The van der Waals surface area contributed by atoms with Gasteiger partial charge < -0.3 is 4.74 Å². The Hall–Kier alpha value is -3.15. The lowest BCUT2D eigenvalue weighted by molar-refractivity contribution is 0.119. The van der Waals surface area contributed by atoms with Gasteiger partial charge in [0.05, 0.1) is 14.9 Å². The van der Waals surface area contributed by atoms with Crippen LogP contribution in [0.4, 0.5) is 14.9 Å². The summed E-state index contributed by atoms with van der Waals surface area (Å²) in [6, 6.07) is 24.9. The zero-order chi connectivity index (χ0) is 23.7. The topological polar surface area (TPSA) is 38.3 Å². The number of ether oxygens (including phenoxy) is 1. The van der Waals surface area contributed by atoms with Gasteiger partial charge in [0.25, 0.3) is 0 Å². The second-order valence-corrected chi connectivity index (χ2v) is 10.1. The second kappa shape index (κ2) is 9.61. The summed E-state index contributed by atoms with van der Waals surface area (Å²) in [6.45, 7) is 1.63. The summed E-state index contributed by atoms with van der Waals surface area (Å²) in [5, 5.41) is 2.76. The molecule has 172 valence electrons. The molecule has 34 heavy (non-hydrogen) atoms. The van der Waals surface area contributed by atoms with Crippen molar-refractivity contribution in [2.75, 3.05) is 5.32 Å². The molecule has 0 bridgehead atoms. The van der Waals surface area contributed by atoms with Gasteiger partial charge >= 0.3 is 6.09 Å². The predicted molar refractivity (Wildman–Crippen MR) is 137 cm³/mol. The maximum absolute atomic E-state index is 14.0. The van der Waals surface area contributed by atoms with Crippen LogP contribution < -0.4 is 5.32 Å². The molecule has 5 rings (SSSR count). The van der Waals surface area contributed by atoms with E-state index in [9.17, 15) is 9.18 Å². The fourth-order valence-electron chi connectivity index (χ4n) is 4.01. The smallest absolute Gasteiger partial charge is 0.412 e. The van der Waals surface area contributed by atoms with E-state index in [-0.39, 0.29) is 0 Å². The van der Waals surface area contributed by atoms with Crippen LogP contribution in [0.15, 0.2) is 78.9 Å². The number of halogens is 2. The van der Waals surface area contributed by atoms with E-state index in [2.05, 4.69) is 41.7 Å². The van der Waals surface area contributed by atoms with Crippen molar-refractivity contribution in [2.45, 2.75) is 31.8 Å². The summed E-state index contributed by atoms with van der Waals surface area (Å²) in [5.41, 5.74) is 5.53. The summed E-state index contributed by atoms with van der Waals surface area (Å²) >= 11 is 7.65. The molecule has 1 aliphatic rings. The minimum Gasteiger partial charge on any atom is -0.441 e. The summed E-state index contributed by atoms with van der Waals surface area (Å²) in [6.07, 6.45) is 1.19. The molecular weight excluding hydrogens is 469 g/mol. The summed E-state index contributed by atoms with van der Waals surface area (Å²) in [7, 11) is 0. The van der Waals surface area contributed by atoms with E-state index in [0.717, 1.165) is 21.9 Å². The van der Waals surface area contributed by atoms with Gasteiger partial charge in [-0.15, -0.1) is 11.3 Å². The fourth-order valence-corrected chi connectivity index (χ4v) is 5.20. The van der Waals surface area contributed by atoms with Crippen LogP contribution in [0, 0.1) is 5.82 Å². The fraction of sp³-hybridized carbons (Fsp3) is 0.179. The third-order valence-electron chi connectivity index (χ3n) is 6.01. The predicted octanol–water partition coefficient (Wildman–Crippen LogP) is 9.06. The summed E-state index contributed by atoms with van der Waals surface area (Å²) in [4.78, 5) is 13.4. The molecule has 1 aliphatic carbocycles. The lowest BCUT2D eigenvalue weighted by Crippen LogP contribution is -2.16. The number of anilines is 1. The highest BCUT2D eigenvalue weighted by Crippen LogP contribution is 2.42.